The van der Waals surface area contributed by atoms with E-state index in [-0.39, 0.29) is 5.97 Å². The standard InChI is InChI=1S/C22H22N2O2/c1-3-17(2)16-26-22(25)13-10-18-8-11-21(12-9-18)24-15-20-6-4-19(14-23)5-7-20/h4-13,15,17H,3,16H2,1-2H3/b13-10+,24-15?/t17-/m0/s1. The normalized spacial score (nSPS) is 12.2. The van der Waals surface area contributed by atoms with Crippen LogP contribution in [0.25, 0.3) is 6.08 Å². The lowest BCUT2D eigenvalue weighted by Gasteiger charge is -2.07. The number of esters is 1. The minimum atomic E-state index is -0.326. The van der Waals surface area contributed by atoms with E-state index in [0.29, 0.717) is 18.1 Å². The number of nitrogens with zero attached hydrogens (tertiary/aromatic N) is 2. The van der Waals surface area contributed by atoms with Crippen LogP contribution in [0.4, 0.5) is 5.69 Å². The van der Waals surface area contributed by atoms with Crippen molar-refractivity contribution in [2.75, 3.05) is 6.61 Å². The Balaban J connectivity index is 1.91. The molecule has 2 aromatic carbocycles. The first-order valence-electron chi connectivity index (χ1n) is 8.60. The minimum Gasteiger partial charge on any atom is -0.462 e. The molecule has 1 atom stereocenters. The molecule has 0 heterocycles. The van der Waals surface area contributed by atoms with Gasteiger partial charge in [-0.25, -0.2) is 4.79 Å². The van der Waals surface area contributed by atoms with Gasteiger partial charge in [-0.2, -0.15) is 5.26 Å². The van der Waals surface area contributed by atoms with Crippen molar-refractivity contribution < 1.29 is 9.53 Å². The first-order valence-corrected chi connectivity index (χ1v) is 8.60. The van der Waals surface area contributed by atoms with Crippen LogP contribution in [0.15, 0.2) is 59.6 Å². The molecule has 2 aromatic rings. The van der Waals surface area contributed by atoms with Gasteiger partial charge in [0.1, 0.15) is 0 Å². The van der Waals surface area contributed by atoms with Crippen LogP contribution in [0.1, 0.15) is 37.0 Å². The van der Waals surface area contributed by atoms with E-state index in [1.54, 1.807) is 24.4 Å². The van der Waals surface area contributed by atoms with Gasteiger partial charge in [0.25, 0.3) is 0 Å². The average Bonchev–Trinajstić information content (AvgIpc) is 2.70. The van der Waals surface area contributed by atoms with Crippen molar-refractivity contribution in [3.8, 4) is 6.07 Å². The highest BCUT2D eigenvalue weighted by Crippen LogP contribution is 2.14. The maximum absolute atomic E-state index is 11.7. The molecule has 0 spiro atoms. The Bertz CT molecular complexity index is 813. The summed E-state index contributed by atoms with van der Waals surface area (Å²) in [6.07, 6.45) is 5.91. The van der Waals surface area contributed by atoms with Crippen molar-refractivity contribution in [1.29, 1.82) is 5.26 Å². The van der Waals surface area contributed by atoms with Crippen LogP contribution in [0.2, 0.25) is 0 Å². The van der Waals surface area contributed by atoms with E-state index in [4.69, 9.17) is 10.00 Å². The smallest absolute Gasteiger partial charge is 0.330 e. The number of ether oxygens (including phenoxy) is 1. The largest absolute Gasteiger partial charge is 0.462 e. The lowest BCUT2D eigenvalue weighted by atomic mass is 10.1. The van der Waals surface area contributed by atoms with Gasteiger partial charge < -0.3 is 4.74 Å². The van der Waals surface area contributed by atoms with Crippen molar-refractivity contribution >= 4 is 23.9 Å². The van der Waals surface area contributed by atoms with Gasteiger partial charge in [0.2, 0.25) is 0 Å². The molecule has 132 valence electrons. The van der Waals surface area contributed by atoms with E-state index >= 15 is 0 Å². The number of benzene rings is 2. The zero-order valence-electron chi connectivity index (χ0n) is 15.1. The summed E-state index contributed by atoms with van der Waals surface area (Å²) in [6, 6.07) is 16.9. The fraction of sp³-hybridized carbons (Fsp3) is 0.227. The Kier molecular flexibility index (Phi) is 7.32. The highest BCUT2D eigenvalue weighted by atomic mass is 16.5. The Labute approximate surface area is 154 Å². The second-order valence-electron chi connectivity index (χ2n) is 6.06. The molecule has 0 aliphatic carbocycles. The van der Waals surface area contributed by atoms with Gasteiger partial charge in [0.05, 0.1) is 23.9 Å². The highest BCUT2D eigenvalue weighted by molar-refractivity contribution is 5.87. The Morgan fingerprint density at radius 3 is 2.42 bits per heavy atom. The highest BCUT2D eigenvalue weighted by Gasteiger charge is 2.02. The van der Waals surface area contributed by atoms with Crippen LogP contribution < -0.4 is 0 Å². The predicted octanol–water partition coefficient (Wildman–Crippen LogP) is 4.91. The van der Waals surface area contributed by atoms with E-state index in [0.717, 1.165) is 23.2 Å². The summed E-state index contributed by atoms with van der Waals surface area (Å²) in [5.41, 5.74) is 3.27. The molecule has 0 N–H and O–H groups in total. The minimum absolute atomic E-state index is 0.326. The number of nitriles is 1. The summed E-state index contributed by atoms with van der Waals surface area (Å²) < 4.78 is 5.17. The van der Waals surface area contributed by atoms with Gasteiger partial charge in [-0.15, -0.1) is 0 Å². The third-order valence-electron chi connectivity index (χ3n) is 3.91. The second kappa shape index (κ2) is 9.95. The molecule has 0 amide bonds. The van der Waals surface area contributed by atoms with Gasteiger partial charge in [-0.3, -0.25) is 4.99 Å². The number of aliphatic imine (C=N–C) groups is 1. The van der Waals surface area contributed by atoms with Crippen LogP contribution in [-0.4, -0.2) is 18.8 Å². The average molecular weight is 346 g/mol. The molecule has 0 unspecified atom stereocenters. The summed E-state index contributed by atoms with van der Waals surface area (Å²) in [5.74, 6) is 0.0498. The van der Waals surface area contributed by atoms with E-state index < -0.39 is 0 Å². The molecule has 0 aliphatic rings. The summed E-state index contributed by atoms with van der Waals surface area (Å²) in [7, 11) is 0. The van der Waals surface area contributed by atoms with Crippen molar-refractivity contribution in [3.05, 3.63) is 71.3 Å². The SMILES string of the molecule is CC[C@H](C)COC(=O)/C=C/c1ccc(N=Cc2ccc(C#N)cc2)cc1. The molecule has 4 nitrogen and oxygen atoms in total. The van der Waals surface area contributed by atoms with Gasteiger partial charge in [-0.05, 0) is 47.4 Å². The summed E-state index contributed by atoms with van der Waals surface area (Å²) in [4.78, 5) is 16.1. The zero-order chi connectivity index (χ0) is 18.8. The fourth-order valence-corrected chi connectivity index (χ4v) is 2.02. The Morgan fingerprint density at radius 1 is 1.15 bits per heavy atom. The number of carbonyl (C=O) groups is 1. The molecule has 0 aromatic heterocycles. The molecule has 0 fully saturated rings. The first-order chi connectivity index (χ1) is 12.6. The second-order valence-corrected chi connectivity index (χ2v) is 6.06. The zero-order valence-corrected chi connectivity index (χ0v) is 15.1. The van der Waals surface area contributed by atoms with Gasteiger partial charge in [0, 0.05) is 12.3 Å². The van der Waals surface area contributed by atoms with E-state index in [2.05, 4.69) is 18.0 Å². The molecular formula is C22H22N2O2. The molecule has 26 heavy (non-hydrogen) atoms. The van der Waals surface area contributed by atoms with Crippen LogP contribution in [0.5, 0.6) is 0 Å². The van der Waals surface area contributed by atoms with Crippen molar-refractivity contribution in [3.63, 3.8) is 0 Å². The van der Waals surface area contributed by atoms with Crippen molar-refractivity contribution in [2.45, 2.75) is 20.3 Å². The summed E-state index contributed by atoms with van der Waals surface area (Å²) in [5, 5.41) is 8.79. The third-order valence-corrected chi connectivity index (χ3v) is 3.91. The molecular weight excluding hydrogens is 324 g/mol. The first kappa shape index (κ1) is 19.1. The molecule has 0 saturated carbocycles. The quantitative estimate of drug-likeness (QED) is 0.406. The van der Waals surface area contributed by atoms with Crippen molar-refractivity contribution in [1.82, 2.24) is 0 Å². The number of carbonyl (C=O) groups excluding carboxylic acids is 1. The third kappa shape index (κ3) is 6.37. The lowest BCUT2D eigenvalue weighted by molar-refractivity contribution is -0.138. The van der Waals surface area contributed by atoms with Crippen LogP contribution in [0, 0.1) is 17.2 Å². The van der Waals surface area contributed by atoms with E-state index in [9.17, 15) is 4.79 Å². The van der Waals surface area contributed by atoms with E-state index in [1.807, 2.05) is 43.3 Å². The molecule has 0 bridgehead atoms. The van der Waals surface area contributed by atoms with E-state index in [1.165, 1.54) is 6.08 Å². The lowest BCUT2D eigenvalue weighted by Crippen LogP contribution is -2.08. The molecule has 4 heteroatoms. The number of rotatable bonds is 7. The maximum atomic E-state index is 11.7. The number of hydrogen-bond acceptors (Lipinski definition) is 4. The fourth-order valence-electron chi connectivity index (χ4n) is 2.02. The van der Waals surface area contributed by atoms with Crippen LogP contribution in [0.3, 0.4) is 0 Å². The van der Waals surface area contributed by atoms with Gasteiger partial charge >= 0.3 is 5.97 Å². The number of hydrogen-bond donors (Lipinski definition) is 0. The monoisotopic (exact) mass is 346 g/mol. The Hall–Kier alpha value is -3.19. The molecule has 0 saturated heterocycles. The van der Waals surface area contributed by atoms with Crippen LogP contribution >= 0.6 is 0 Å². The summed E-state index contributed by atoms with van der Waals surface area (Å²) >= 11 is 0. The van der Waals surface area contributed by atoms with Crippen LogP contribution in [-0.2, 0) is 9.53 Å². The van der Waals surface area contributed by atoms with Gasteiger partial charge in [-0.1, -0.05) is 44.5 Å². The molecule has 2 rings (SSSR count). The summed E-state index contributed by atoms with van der Waals surface area (Å²) in [6.45, 7) is 4.57. The van der Waals surface area contributed by atoms with Crippen molar-refractivity contribution in [2.24, 2.45) is 10.9 Å². The predicted molar refractivity (Wildman–Crippen MR) is 104 cm³/mol. The molecule has 0 aliphatic heterocycles. The topological polar surface area (TPSA) is 62.4 Å². The maximum Gasteiger partial charge on any atom is 0.330 e. The Morgan fingerprint density at radius 2 is 1.81 bits per heavy atom. The molecule has 0 radical (unpaired) electrons. The van der Waals surface area contributed by atoms with Gasteiger partial charge in [0.15, 0.2) is 0 Å².